The highest BCUT2D eigenvalue weighted by atomic mass is 16.5. The zero-order valence-electron chi connectivity index (χ0n) is 12.1. The smallest absolute Gasteiger partial charge is 0.226 e. The van der Waals surface area contributed by atoms with Gasteiger partial charge in [0.15, 0.2) is 0 Å². The van der Waals surface area contributed by atoms with Crippen molar-refractivity contribution in [2.75, 3.05) is 13.1 Å². The summed E-state index contributed by atoms with van der Waals surface area (Å²) in [6, 6.07) is 1.76. The molecule has 2 atom stereocenters. The first-order chi connectivity index (χ1) is 10.3. The van der Waals surface area contributed by atoms with Crippen LogP contribution in [0.4, 0.5) is 0 Å². The molecular weight excluding hydrogens is 266 g/mol. The molecular formula is C16H21N3O2. The van der Waals surface area contributed by atoms with Crippen molar-refractivity contribution in [1.29, 1.82) is 0 Å². The fourth-order valence-corrected chi connectivity index (χ4v) is 3.03. The molecule has 0 aromatic carbocycles. The van der Waals surface area contributed by atoms with Gasteiger partial charge in [0.05, 0.1) is 6.54 Å². The van der Waals surface area contributed by atoms with E-state index in [0.29, 0.717) is 12.4 Å². The standard InChI is InChI=1S/C16H21N3O2/c20-16(13-5-2-1-3-6-13)19-10-4-7-14(11-19)21-15-8-9-17-12-18-15/h1-2,8-9,12-14H,3-7,10-11H2. The molecule has 1 aromatic heterocycles. The van der Waals surface area contributed by atoms with Crippen molar-refractivity contribution in [3.8, 4) is 5.88 Å². The second-order valence-electron chi connectivity index (χ2n) is 5.70. The highest BCUT2D eigenvalue weighted by Crippen LogP contribution is 2.23. The topological polar surface area (TPSA) is 55.3 Å². The third-order valence-corrected chi connectivity index (χ3v) is 4.15. The maximum Gasteiger partial charge on any atom is 0.226 e. The molecule has 112 valence electrons. The van der Waals surface area contributed by atoms with E-state index in [4.69, 9.17) is 4.74 Å². The number of carbonyl (C=O) groups is 1. The number of piperidine rings is 1. The summed E-state index contributed by atoms with van der Waals surface area (Å²) in [7, 11) is 0. The van der Waals surface area contributed by atoms with E-state index in [2.05, 4.69) is 22.1 Å². The Labute approximate surface area is 125 Å². The number of carbonyl (C=O) groups excluding carboxylic acids is 1. The van der Waals surface area contributed by atoms with Gasteiger partial charge in [0, 0.05) is 24.7 Å². The Hall–Kier alpha value is -1.91. The van der Waals surface area contributed by atoms with Crippen molar-refractivity contribution in [3.05, 3.63) is 30.7 Å². The second kappa shape index (κ2) is 6.70. The fourth-order valence-electron chi connectivity index (χ4n) is 3.03. The molecule has 5 nitrogen and oxygen atoms in total. The average Bonchev–Trinajstić information content (AvgIpc) is 2.56. The molecule has 0 radical (unpaired) electrons. The zero-order valence-corrected chi connectivity index (χ0v) is 12.1. The summed E-state index contributed by atoms with van der Waals surface area (Å²) in [5, 5.41) is 0. The van der Waals surface area contributed by atoms with Crippen LogP contribution in [-0.4, -0.2) is 40.0 Å². The van der Waals surface area contributed by atoms with Gasteiger partial charge in [0.1, 0.15) is 12.4 Å². The van der Waals surface area contributed by atoms with Crippen LogP contribution in [0.1, 0.15) is 32.1 Å². The number of aromatic nitrogens is 2. The molecule has 1 aliphatic carbocycles. The van der Waals surface area contributed by atoms with E-state index in [-0.39, 0.29) is 17.9 Å². The lowest BCUT2D eigenvalue weighted by molar-refractivity contribution is -0.138. The molecule has 1 saturated heterocycles. The lowest BCUT2D eigenvalue weighted by atomic mass is 9.92. The lowest BCUT2D eigenvalue weighted by Gasteiger charge is -2.35. The Morgan fingerprint density at radius 2 is 2.29 bits per heavy atom. The van der Waals surface area contributed by atoms with Gasteiger partial charge in [-0.3, -0.25) is 4.79 Å². The molecule has 21 heavy (non-hydrogen) atoms. The van der Waals surface area contributed by atoms with Gasteiger partial charge >= 0.3 is 0 Å². The number of nitrogens with zero attached hydrogens (tertiary/aromatic N) is 3. The molecule has 1 fully saturated rings. The minimum Gasteiger partial charge on any atom is -0.472 e. The summed E-state index contributed by atoms with van der Waals surface area (Å²) in [5.74, 6) is 1.04. The molecule has 0 spiro atoms. The van der Waals surface area contributed by atoms with Crippen LogP contribution in [0, 0.1) is 5.92 Å². The van der Waals surface area contributed by atoms with Crippen LogP contribution in [0.15, 0.2) is 30.7 Å². The molecule has 3 rings (SSSR count). The molecule has 5 heteroatoms. The van der Waals surface area contributed by atoms with Crippen molar-refractivity contribution < 1.29 is 9.53 Å². The quantitative estimate of drug-likeness (QED) is 0.800. The minimum atomic E-state index is 0.0386. The number of rotatable bonds is 3. The summed E-state index contributed by atoms with van der Waals surface area (Å²) in [4.78, 5) is 22.5. The van der Waals surface area contributed by atoms with E-state index in [0.717, 1.165) is 38.6 Å². The second-order valence-corrected chi connectivity index (χ2v) is 5.70. The first-order valence-corrected chi connectivity index (χ1v) is 7.69. The van der Waals surface area contributed by atoms with Crippen molar-refractivity contribution in [1.82, 2.24) is 14.9 Å². The molecule has 0 bridgehead atoms. The van der Waals surface area contributed by atoms with Crippen molar-refractivity contribution in [2.24, 2.45) is 5.92 Å². The summed E-state index contributed by atoms with van der Waals surface area (Å²) in [6.45, 7) is 1.52. The number of likely N-dealkylation sites (tertiary alicyclic amines) is 1. The van der Waals surface area contributed by atoms with Crippen LogP contribution >= 0.6 is 0 Å². The summed E-state index contributed by atoms with van der Waals surface area (Å²) in [5.41, 5.74) is 0. The molecule has 1 amide bonds. The molecule has 1 aliphatic heterocycles. The highest BCUT2D eigenvalue weighted by Gasteiger charge is 2.29. The molecule has 1 aromatic rings. The largest absolute Gasteiger partial charge is 0.472 e. The molecule has 0 N–H and O–H groups in total. The van der Waals surface area contributed by atoms with Gasteiger partial charge in [-0.05, 0) is 32.1 Å². The van der Waals surface area contributed by atoms with Crippen molar-refractivity contribution in [3.63, 3.8) is 0 Å². The van der Waals surface area contributed by atoms with E-state index in [1.807, 2.05) is 4.90 Å². The molecule has 2 aliphatic rings. The average molecular weight is 287 g/mol. The Morgan fingerprint density at radius 1 is 1.33 bits per heavy atom. The van der Waals surface area contributed by atoms with E-state index < -0.39 is 0 Å². The van der Waals surface area contributed by atoms with Gasteiger partial charge in [0.2, 0.25) is 11.8 Å². The van der Waals surface area contributed by atoms with Crippen LogP contribution in [0.3, 0.4) is 0 Å². The van der Waals surface area contributed by atoms with Gasteiger partial charge in [-0.15, -0.1) is 0 Å². The predicted octanol–water partition coefficient (Wildman–Crippen LogP) is 2.20. The van der Waals surface area contributed by atoms with Gasteiger partial charge in [-0.25, -0.2) is 9.97 Å². The number of allylic oxidation sites excluding steroid dienone is 2. The van der Waals surface area contributed by atoms with Crippen LogP contribution in [0.5, 0.6) is 5.88 Å². The zero-order chi connectivity index (χ0) is 14.5. The highest BCUT2D eigenvalue weighted by molar-refractivity contribution is 5.79. The lowest BCUT2D eigenvalue weighted by Crippen LogP contribution is -2.46. The minimum absolute atomic E-state index is 0.0386. The summed E-state index contributed by atoms with van der Waals surface area (Å²) >= 11 is 0. The number of ether oxygens (including phenoxy) is 1. The molecule has 2 unspecified atom stereocenters. The van der Waals surface area contributed by atoms with Crippen LogP contribution in [0.25, 0.3) is 0 Å². The molecule has 0 saturated carbocycles. The summed E-state index contributed by atoms with van der Waals surface area (Å²) in [6.07, 6.45) is 12.3. The van der Waals surface area contributed by atoms with Gasteiger partial charge in [-0.1, -0.05) is 12.2 Å². The fraction of sp³-hybridized carbons (Fsp3) is 0.562. The maximum atomic E-state index is 12.6. The first-order valence-electron chi connectivity index (χ1n) is 7.69. The SMILES string of the molecule is O=C(C1CC=CCC1)N1CCCC(Oc2ccncn2)C1. The van der Waals surface area contributed by atoms with Crippen molar-refractivity contribution in [2.45, 2.75) is 38.2 Å². The molecule has 2 heterocycles. The Bertz CT molecular complexity index is 504. The van der Waals surface area contributed by atoms with Crippen molar-refractivity contribution >= 4 is 5.91 Å². The Kier molecular flexibility index (Phi) is 4.48. The number of hydrogen-bond acceptors (Lipinski definition) is 4. The normalized spacial score (nSPS) is 25.6. The van der Waals surface area contributed by atoms with Gasteiger partial charge < -0.3 is 9.64 Å². The van der Waals surface area contributed by atoms with Crippen LogP contribution < -0.4 is 4.74 Å². The third-order valence-electron chi connectivity index (χ3n) is 4.15. The van der Waals surface area contributed by atoms with Crippen LogP contribution in [-0.2, 0) is 4.79 Å². The van der Waals surface area contributed by atoms with E-state index in [9.17, 15) is 4.79 Å². The predicted molar refractivity (Wildman–Crippen MR) is 78.7 cm³/mol. The third kappa shape index (κ3) is 3.60. The number of amides is 1. The summed E-state index contributed by atoms with van der Waals surface area (Å²) < 4.78 is 5.86. The van der Waals surface area contributed by atoms with Gasteiger partial charge in [0.25, 0.3) is 0 Å². The van der Waals surface area contributed by atoms with Crippen LogP contribution in [0.2, 0.25) is 0 Å². The monoisotopic (exact) mass is 287 g/mol. The first kappa shape index (κ1) is 14.0. The maximum absolute atomic E-state index is 12.6. The Morgan fingerprint density at radius 3 is 3.05 bits per heavy atom. The van der Waals surface area contributed by atoms with Gasteiger partial charge in [-0.2, -0.15) is 0 Å². The van der Waals surface area contributed by atoms with E-state index >= 15 is 0 Å². The Balaban J connectivity index is 1.57. The van der Waals surface area contributed by atoms with E-state index in [1.54, 1.807) is 12.3 Å². The van der Waals surface area contributed by atoms with E-state index in [1.165, 1.54) is 6.33 Å². The number of hydrogen-bond donors (Lipinski definition) is 0.